The lowest BCUT2D eigenvalue weighted by atomic mass is 10.2. The van der Waals surface area contributed by atoms with Crippen LogP contribution in [-0.4, -0.2) is 16.1 Å². The second-order valence-corrected chi connectivity index (χ2v) is 4.72. The molecule has 0 aromatic carbocycles. The number of aromatic nitrogens is 2. The van der Waals surface area contributed by atoms with E-state index in [1.54, 1.807) is 11.3 Å². The number of imidazole rings is 1. The monoisotopic (exact) mass is 235 g/mol. The van der Waals surface area contributed by atoms with Crippen molar-refractivity contribution in [1.82, 2.24) is 9.55 Å². The minimum absolute atomic E-state index is 0.793. The van der Waals surface area contributed by atoms with E-state index in [9.17, 15) is 0 Å². The summed E-state index contributed by atoms with van der Waals surface area (Å²) in [6, 6.07) is 4.18. The van der Waals surface area contributed by atoms with E-state index >= 15 is 0 Å². The zero-order valence-electron chi connectivity index (χ0n) is 9.30. The zero-order valence-corrected chi connectivity index (χ0v) is 10.1. The molecule has 2 rings (SSSR count). The van der Waals surface area contributed by atoms with Gasteiger partial charge in [0, 0.05) is 18.9 Å². The molecular weight excluding hydrogens is 218 g/mol. The van der Waals surface area contributed by atoms with Gasteiger partial charge in [-0.25, -0.2) is 4.98 Å². The minimum Gasteiger partial charge on any atom is -0.330 e. The van der Waals surface area contributed by atoms with Crippen LogP contribution in [0.4, 0.5) is 0 Å². The Labute approximate surface area is 99.9 Å². The van der Waals surface area contributed by atoms with Gasteiger partial charge < -0.3 is 10.3 Å². The molecule has 16 heavy (non-hydrogen) atoms. The molecule has 0 amide bonds. The van der Waals surface area contributed by atoms with Crippen molar-refractivity contribution in [3.05, 3.63) is 29.9 Å². The van der Waals surface area contributed by atoms with Crippen LogP contribution in [0.2, 0.25) is 0 Å². The van der Waals surface area contributed by atoms with Crippen molar-refractivity contribution in [1.29, 1.82) is 0 Å². The second-order valence-electron chi connectivity index (χ2n) is 3.77. The second kappa shape index (κ2) is 5.82. The Kier molecular flexibility index (Phi) is 4.13. The Bertz CT molecular complexity index is 406. The molecule has 0 unspecified atom stereocenters. The van der Waals surface area contributed by atoms with Gasteiger partial charge in [-0.2, -0.15) is 0 Å². The van der Waals surface area contributed by atoms with Crippen molar-refractivity contribution in [2.24, 2.45) is 5.73 Å². The van der Waals surface area contributed by atoms with E-state index in [2.05, 4.69) is 33.3 Å². The summed E-state index contributed by atoms with van der Waals surface area (Å²) < 4.78 is 2.22. The fourth-order valence-electron chi connectivity index (χ4n) is 1.72. The van der Waals surface area contributed by atoms with Crippen molar-refractivity contribution >= 4 is 11.3 Å². The van der Waals surface area contributed by atoms with E-state index in [-0.39, 0.29) is 0 Å². The lowest BCUT2D eigenvalue weighted by Gasteiger charge is -2.05. The quantitative estimate of drug-likeness (QED) is 0.782. The first kappa shape index (κ1) is 11.4. The summed E-state index contributed by atoms with van der Waals surface area (Å²) in [7, 11) is 0. The molecule has 0 saturated heterocycles. The summed E-state index contributed by atoms with van der Waals surface area (Å²) in [5, 5.41) is 2.09. The summed E-state index contributed by atoms with van der Waals surface area (Å²) in [5.41, 5.74) is 5.48. The number of unbranched alkanes of at least 4 members (excludes halogenated alkanes) is 2. The molecule has 0 aliphatic carbocycles. The van der Waals surface area contributed by atoms with Gasteiger partial charge in [-0.3, -0.25) is 0 Å². The maximum Gasteiger partial charge on any atom is 0.149 e. The van der Waals surface area contributed by atoms with Gasteiger partial charge in [0.25, 0.3) is 0 Å². The van der Waals surface area contributed by atoms with Crippen molar-refractivity contribution < 1.29 is 0 Å². The summed E-state index contributed by atoms with van der Waals surface area (Å²) in [4.78, 5) is 5.65. The smallest absolute Gasteiger partial charge is 0.149 e. The standard InChI is InChI=1S/C12H17N3S/c13-6-2-1-3-8-15-9-7-14-12(15)11-5-4-10-16-11/h4-5,7,9-10H,1-3,6,8,13H2. The van der Waals surface area contributed by atoms with Gasteiger partial charge in [0.1, 0.15) is 5.82 Å². The first-order valence-electron chi connectivity index (χ1n) is 5.67. The van der Waals surface area contributed by atoms with Crippen LogP contribution in [0.3, 0.4) is 0 Å². The van der Waals surface area contributed by atoms with Gasteiger partial charge in [0.2, 0.25) is 0 Å². The number of aryl methyl sites for hydroxylation is 1. The first-order valence-corrected chi connectivity index (χ1v) is 6.55. The Morgan fingerprint density at radius 3 is 3.00 bits per heavy atom. The van der Waals surface area contributed by atoms with Crippen LogP contribution in [0, 0.1) is 0 Å². The third kappa shape index (κ3) is 2.71. The molecule has 0 aliphatic rings. The lowest BCUT2D eigenvalue weighted by molar-refractivity contribution is 0.595. The van der Waals surface area contributed by atoms with E-state index in [4.69, 9.17) is 5.73 Å². The topological polar surface area (TPSA) is 43.8 Å². The summed E-state index contributed by atoms with van der Waals surface area (Å²) in [5.74, 6) is 1.09. The van der Waals surface area contributed by atoms with Crippen LogP contribution < -0.4 is 5.73 Å². The molecule has 0 atom stereocenters. The Morgan fingerprint density at radius 2 is 2.25 bits per heavy atom. The first-order chi connectivity index (χ1) is 7.92. The molecule has 0 saturated carbocycles. The molecule has 2 aromatic heterocycles. The van der Waals surface area contributed by atoms with Crippen molar-refractivity contribution in [3.8, 4) is 10.7 Å². The number of hydrogen-bond donors (Lipinski definition) is 1. The van der Waals surface area contributed by atoms with E-state index < -0.39 is 0 Å². The van der Waals surface area contributed by atoms with Gasteiger partial charge in [0.05, 0.1) is 4.88 Å². The predicted octanol–water partition coefficient (Wildman–Crippen LogP) is 2.74. The molecule has 4 heteroatoms. The molecule has 86 valence electrons. The van der Waals surface area contributed by atoms with Crippen molar-refractivity contribution in [3.63, 3.8) is 0 Å². The molecule has 0 radical (unpaired) electrons. The molecule has 2 aromatic rings. The fourth-order valence-corrected chi connectivity index (χ4v) is 2.46. The third-order valence-corrected chi connectivity index (χ3v) is 3.43. The van der Waals surface area contributed by atoms with Crippen LogP contribution in [0.5, 0.6) is 0 Å². The normalized spacial score (nSPS) is 10.8. The average molecular weight is 235 g/mol. The lowest BCUT2D eigenvalue weighted by Crippen LogP contribution is -2.01. The van der Waals surface area contributed by atoms with Gasteiger partial charge >= 0.3 is 0 Å². The van der Waals surface area contributed by atoms with E-state index in [1.165, 1.54) is 17.7 Å². The van der Waals surface area contributed by atoms with Gasteiger partial charge in [0.15, 0.2) is 0 Å². The summed E-state index contributed by atoms with van der Waals surface area (Å²) >= 11 is 1.74. The van der Waals surface area contributed by atoms with Crippen LogP contribution in [-0.2, 0) is 6.54 Å². The van der Waals surface area contributed by atoms with Gasteiger partial charge in [-0.1, -0.05) is 12.5 Å². The number of hydrogen-bond acceptors (Lipinski definition) is 3. The van der Waals surface area contributed by atoms with Crippen molar-refractivity contribution in [2.75, 3.05) is 6.54 Å². The molecule has 2 N–H and O–H groups in total. The number of nitrogens with zero attached hydrogens (tertiary/aromatic N) is 2. The Balaban J connectivity index is 1.97. The maximum absolute atomic E-state index is 5.48. The number of rotatable bonds is 6. The highest BCUT2D eigenvalue weighted by molar-refractivity contribution is 7.13. The van der Waals surface area contributed by atoms with Crippen molar-refractivity contribution in [2.45, 2.75) is 25.8 Å². The molecule has 0 bridgehead atoms. The van der Waals surface area contributed by atoms with E-state index in [1.807, 2.05) is 6.20 Å². The van der Waals surface area contributed by atoms with Crippen LogP contribution >= 0.6 is 11.3 Å². The Morgan fingerprint density at radius 1 is 1.31 bits per heavy atom. The highest BCUT2D eigenvalue weighted by Gasteiger charge is 2.05. The van der Waals surface area contributed by atoms with Gasteiger partial charge in [-0.05, 0) is 30.8 Å². The molecule has 2 heterocycles. The average Bonchev–Trinajstić information content (AvgIpc) is 2.94. The zero-order chi connectivity index (χ0) is 11.2. The van der Waals surface area contributed by atoms with Gasteiger partial charge in [-0.15, -0.1) is 11.3 Å². The fraction of sp³-hybridized carbons (Fsp3) is 0.417. The molecule has 0 aliphatic heterocycles. The van der Waals surface area contributed by atoms with Crippen LogP contribution in [0.25, 0.3) is 10.7 Å². The SMILES string of the molecule is NCCCCCn1ccnc1-c1cccs1. The molecule has 0 fully saturated rings. The maximum atomic E-state index is 5.48. The highest BCUT2D eigenvalue weighted by Crippen LogP contribution is 2.23. The Hall–Kier alpha value is -1.13. The summed E-state index contributed by atoms with van der Waals surface area (Å²) in [6.45, 7) is 1.83. The summed E-state index contributed by atoms with van der Waals surface area (Å²) in [6.07, 6.45) is 7.41. The highest BCUT2D eigenvalue weighted by atomic mass is 32.1. The number of thiophene rings is 1. The minimum atomic E-state index is 0.793. The third-order valence-electron chi connectivity index (χ3n) is 2.56. The van der Waals surface area contributed by atoms with Crippen LogP contribution in [0.1, 0.15) is 19.3 Å². The molecule has 3 nitrogen and oxygen atoms in total. The predicted molar refractivity (Wildman–Crippen MR) is 68.4 cm³/mol. The largest absolute Gasteiger partial charge is 0.330 e. The molecule has 0 spiro atoms. The molecular formula is C12H17N3S. The van der Waals surface area contributed by atoms with E-state index in [0.717, 1.165) is 25.3 Å². The van der Waals surface area contributed by atoms with E-state index in [0.29, 0.717) is 0 Å². The van der Waals surface area contributed by atoms with Crippen LogP contribution in [0.15, 0.2) is 29.9 Å². The number of nitrogens with two attached hydrogens (primary N) is 1.